The molecule has 1 unspecified atom stereocenters. The van der Waals surface area contributed by atoms with Crippen molar-refractivity contribution in [3.05, 3.63) is 63.8 Å². The average Bonchev–Trinajstić information content (AvgIpc) is 2.54. The summed E-state index contributed by atoms with van der Waals surface area (Å²) in [5.74, 6) is 0.782. The zero-order valence-corrected chi connectivity index (χ0v) is 11.9. The molecule has 1 aromatic carbocycles. The van der Waals surface area contributed by atoms with Crippen molar-refractivity contribution in [1.29, 1.82) is 0 Å². The van der Waals surface area contributed by atoms with Crippen LogP contribution in [0.15, 0.2) is 42.6 Å². The first kappa shape index (κ1) is 13.5. The lowest BCUT2D eigenvalue weighted by Gasteiger charge is -2.33. The summed E-state index contributed by atoms with van der Waals surface area (Å²) in [6, 6.07) is 12.1. The molecule has 0 spiro atoms. The first-order valence-corrected chi connectivity index (χ1v) is 7.05. The molecule has 108 valence electrons. The lowest BCUT2D eigenvalue weighted by molar-refractivity contribution is -0.385. The van der Waals surface area contributed by atoms with Gasteiger partial charge in [-0.3, -0.25) is 10.1 Å². The van der Waals surface area contributed by atoms with Crippen LogP contribution >= 0.6 is 0 Å². The smallest absolute Gasteiger partial charge is 0.287 e. The van der Waals surface area contributed by atoms with Gasteiger partial charge in [0.05, 0.1) is 4.92 Å². The molecule has 1 atom stereocenters. The molecule has 0 bridgehead atoms. The van der Waals surface area contributed by atoms with E-state index in [0.29, 0.717) is 6.04 Å². The number of aryl methyl sites for hydroxylation is 1. The minimum atomic E-state index is -0.423. The summed E-state index contributed by atoms with van der Waals surface area (Å²) >= 11 is 0. The third kappa shape index (κ3) is 2.72. The van der Waals surface area contributed by atoms with Gasteiger partial charge in [-0.25, -0.2) is 4.98 Å². The van der Waals surface area contributed by atoms with Crippen molar-refractivity contribution in [2.75, 3.05) is 11.9 Å². The Morgan fingerprint density at radius 2 is 2.00 bits per heavy atom. The van der Waals surface area contributed by atoms with Gasteiger partial charge < -0.3 is 4.90 Å². The molecule has 1 aromatic heterocycles. The topological polar surface area (TPSA) is 59.3 Å². The highest BCUT2D eigenvalue weighted by molar-refractivity contribution is 5.44. The van der Waals surface area contributed by atoms with E-state index in [0.717, 1.165) is 25.1 Å². The average molecular weight is 283 g/mol. The third-order valence-electron chi connectivity index (χ3n) is 4.17. The number of aromatic nitrogens is 1. The van der Waals surface area contributed by atoms with Crippen LogP contribution in [-0.2, 0) is 12.8 Å². The van der Waals surface area contributed by atoms with E-state index >= 15 is 0 Å². The molecule has 0 radical (unpaired) electrons. The largest absolute Gasteiger partial charge is 0.356 e. The van der Waals surface area contributed by atoms with Crippen LogP contribution in [0.3, 0.4) is 0 Å². The van der Waals surface area contributed by atoms with Crippen LogP contribution in [0.25, 0.3) is 0 Å². The van der Waals surface area contributed by atoms with E-state index < -0.39 is 4.92 Å². The molecule has 0 saturated heterocycles. The fourth-order valence-corrected chi connectivity index (χ4v) is 2.89. The Morgan fingerprint density at radius 3 is 2.67 bits per heavy atom. The summed E-state index contributed by atoms with van der Waals surface area (Å²) in [6.07, 6.45) is 4.46. The highest BCUT2D eigenvalue weighted by atomic mass is 16.6. The Bertz CT molecular complexity index is 655. The van der Waals surface area contributed by atoms with Crippen LogP contribution in [0.5, 0.6) is 0 Å². The second kappa shape index (κ2) is 5.52. The van der Waals surface area contributed by atoms with Crippen LogP contribution in [0.1, 0.15) is 17.5 Å². The van der Waals surface area contributed by atoms with Crippen molar-refractivity contribution in [1.82, 2.24) is 4.98 Å². The molecule has 2 aromatic rings. The van der Waals surface area contributed by atoms with Gasteiger partial charge in [-0.05, 0) is 36.5 Å². The van der Waals surface area contributed by atoms with Crippen molar-refractivity contribution in [3.63, 3.8) is 0 Å². The van der Waals surface area contributed by atoms with Crippen LogP contribution in [-0.4, -0.2) is 23.0 Å². The number of rotatable bonds is 3. The number of anilines is 1. The minimum absolute atomic E-state index is 0.0288. The second-order valence-corrected chi connectivity index (χ2v) is 5.41. The summed E-state index contributed by atoms with van der Waals surface area (Å²) in [6.45, 7) is 0. The van der Waals surface area contributed by atoms with Gasteiger partial charge in [-0.2, -0.15) is 0 Å². The number of fused-ring (bicyclic) bond motifs is 1. The van der Waals surface area contributed by atoms with Crippen molar-refractivity contribution in [2.45, 2.75) is 25.3 Å². The standard InChI is InChI=1S/C16H17N3O2/c1-18(16-9-8-15(11-17-16)19(20)21)14-7-6-12-4-2-3-5-13(12)10-14/h2-5,8-9,11,14H,6-7,10H2,1H3. The van der Waals surface area contributed by atoms with Crippen LogP contribution in [0, 0.1) is 10.1 Å². The Balaban J connectivity index is 1.77. The molecule has 0 N–H and O–H groups in total. The summed E-state index contributed by atoms with van der Waals surface area (Å²) in [4.78, 5) is 16.6. The maximum absolute atomic E-state index is 10.7. The fraction of sp³-hybridized carbons (Fsp3) is 0.312. The summed E-state index contributed by atoms with van der Waals surface area (Å²) < 4.78 is 0. The highest BCUT2D eigenvalue weighted by Crippen LogP contribution is 2.26. The van der Waals surface area contributed by atoms with Gasteiger partial charge >= 0.3 is 0 Å². The number of nitro groups is 1. The minimum Gasteiger partial charge on any atom is -0.356 e. The number of benzene rings is 1. The van der Waals surface area contributed by atoms with Gasteiger partial charge in [0.15, 0.2) is 0 Å². The lowest BCUT2D eigenvalue weighted by Crippen LogP contribution is -2.36. The SMILES string of the molecule is CN(c1ccc([N+](=O)[O-])cn1)C1CCc2ccccc2C1. The van der Waals surface area contributed by atoms with E-state index in [1.807, 2.05) is 7.05 Å². The molecule has 1 aliphatic carbocycles. The third-order valence-corrected chi connectivity index (χ3v) is 4.17. The fourth-order valence-electron chi connectivity index (χ4n) is 2.89. The Labute approximate surface area is 123 Å². The number of hydrogen-bond donors (Lipinski definition) is 0. The predicted octanol–water partition coefficient (Wildman–Crippen LogP) is 2.98. The Kier molecular flexibility index (Phi) is 3.56. The molecule has 5 heteroatoms. The van der Waals surface area contributed by atoms with Crippen molar-refractivity contribution >= 4 is 11.5 Å². The van der Waals surface area contributed by atoms with Crippen molar-refractivity contribution < 1.29 is 4.92 Å². The molecule has 1 heterocycles. The monoisotopic (exact) mass is 283 g/mol. The van der Waals surface area contributed by atoms with E-state index in [2.05, 4.69) is 34.1 Å². The zero-order valence-electron chi connectivity index (χ0n) is 11.9. The predicted molar refractivity (Wildman–Crippen MR) is 81.5 cm³/mol. The van der Waals surface area contributed by atoms with Gasteiger partial charge in [-0.15, -0.1) is 0 Å². The van der Waals surface area contributed by atoms with E-state index in [4.69, 9.17) is 0 Å². The maximum Gasteiger partial charge on any atom is 0.287 e. The van der Waals surface area contributed by atoms with E-state index in [-0.39, 0.29) is 5.69 Å². The van der Waals surface area contributed by atoms with Gasteiger partial charge in [0, 0.05) is 19.2 Å². The van der Waals surface area contributed by atoms with E-state index in [9.17, 15) is 10.1 Å². The van der Waals surface area contributed by atoms with E-state index in [1.54, 1.807) is 6.07 Å². The molecular formula is C16H17N3O2. The van der Waals surface area contributed by atoms with Crippen LogP contribution < -0.4 is 4.90 Å². The number of hydrogen-bond acceptors (Lipinski definition) is 4. The van der Waals surface area contributed by atoms with Gasteiger partial charge in [0.25, 0.3) is 5.69 Å². The molecule has 0 fully saturated rings. The lowest BCUT2D eigenvalue weighted by atomic mass is 9.88. The van der Waals surface area contributed by atoms with Gasteiger partial charge in [-0.1, -0.05) is 24.3 Å². The molecule has 0 amide bonds. The summed E-state index contributed by atoms with van der Waals surface area (Å²) in [5.41, 5.74) is 2.85. The second-order valence-electron chi connectivity index (χ2n) is 5.41. The van der Waals surface area contributed by atoms with Gasteiger partial charge in [0.2, 0.25) is 0 Å². The molecular weight excluding hydrogens is 266 g/mol. The van der Waals surface area contributed by atoms with Crippen LogP contribution in [0.2, 0.25) is 0 Å². The normalized spacial score (nSPS) is 17.1. The molecule has 1 aliphatic rings. The van der Waals surface area contributed by atoms with Gasteiger partial charge in [0.1, 0.15) is 12.0 Å². The number of pyridine rings is 1. The summed E-state index contributed by atoms with van der Waals surface area (Å²) in [7, 11) is 2.01. The molecule has 5 nitrogen and oxygen atoms in total. The van der Waals surface area contributed by atoms with Crippen molar-refractivity contribution in [2.24, 2.45) is 0 Å². The van der Waals surface area contributed by atoms with E-state index in [1.165, 1.54) is 23.4 Å². The first-order valence-electron chi connectivity index (χ1n) is 7.05. The van der Waals surface area contributed by atoms with Crippen molar-refractivity contribution in [3.8, 4) is 0 Å². The molecule has 0 saturated carbocycles. The molecule has 0 aliphatic heterocycles. The zero-order chi connectivity index (χ0) is 14.8. The molecule has 21 heavy (non-hydrogen) atoms. The molecule has 3 rings (SSSR count). The maximum atomic E-state index is 10.7. The first-order chi connectivity index (χ1) is 10.1. The Morgan fingerprint density at radius 1 is 1.24 bits per heavy atom. The Hall–Kier alpha value is -2.43. The number of nitrogens with zero attached hydrogens (tertiary/aromatic N) is 3. The number of likely N-dealkylation sites (N-methyl/N-ethyl adjacent to an activating group) is 1. The quantitative estimate of drug-likeness (QED) is 0.642. The van der Waals surface area contributed by atoms with Crippen LogP contribution in [0.4, 0.5) is 11.5 Å². The highest BCUT2D eigenvalue weighted by Gasteiger charge is 2.22. The summed E-state index contributed by atoms with van der Waals surface area (Å²) in [5, 5.41) is 10.7.